The third kappa shape index (κ3) is 4.26. The van der Waals surface area contributed by atoms with Crippen molar-refractivity contribution < 1.29 is 14.1 Å². The van der Waals surface area contributed by atoms with Crippen LogP contribution in [0.1, 0.15) is 32.3 Å². The van der Waals surface area contributed by atoms with E-state index in [2.05, 4.69) is 15.5 Å². The van der Waals surface area contributed by atoms with Crippen LogP contribution in [0, 0.1) is 20.8 Å². The summed E-state index contributed by atoms with van der Waals surface area (Å²) in [6.45, 7) is 6.11. The Morgan fingerprint density at radius 3 is 2.47 bits per heavy atom. The molecular formula is C23H21N3O3S. The summed E-state index contributed by atoms with van der Waals surface area (Å²) in [6, 6.07) is 16.9. The van der Waals surface area contributed by atoms with Crippen molar-refractivity contribution in [1.82, 2.24) is 10.1 Å². The van der Waals surface area contributed by atoms with Gasteiger partial charge in [-0.2, -0.15) is 0 Å². The van der Waals surface area contributed by atoms with Gasteiger partial charge in [-0.25, -0.2) is 4.98 Å². The number of nitrogens with zero attached hydrogens (tertiary/aromatic N) is 2. The third-order valence-corrected chi connectivity index (χ3v) is 5.63. The van der Waals surface area contributed by atoms with Gasteiger partial charge < -0.3 is 9.26 Å². The Kier molecular flexibility index (Phi) is 5.63. The Labute approximate surface area is 178 Å². The van der Waals surface area contributed by atoms with E-state index < -0.39 is 0 Å². The second-order valence-corrected chi connectivity index (χ2v) is 8.06. The van der Waals surface area contributed by atoms with Crippen LogP contribution in [0.3, 0.4) is 0 Å². The predicted octanol–water partition coefficient (Wildman–Crippen LogP) is 5.55. The first kappa shape index (κ1) is 19.8. The molecule has 0 saturated carbocycles. The predicted molar refractivity (Wildman–Crippen MR) is 117 cm³/mol. The van der Waals surface area contributed by atoms with E-state index in [4.69, 9.17) is 9.26 Å². The molecule has 2 aromatic heterocycles. The highest BCUT2D eigenvalue weighted by molar-refractivity contribution is 7.16. The number of carbonyl (C=O) groups excluding carboxylic acids is 1. The Morgan fingerprint density at radius 1 is 1.07 bits per heavy atom. The van der Waals surface area contributed by atoms with Gasteiger partial charge in [-0.1, -0.05) is 35.5 Å². The zero-order valence-electron chi connectivity index (χ0n) is 16.9. The number of aromatic nitrogens is 2. The molecule has 0 fully saturated rings. The molecule has 0 aliphatic rings. The van der Waals surface area contributed by atoms with Gasteiger partial charge in [-0.3, -0.25) is 10.1 Å². The van der Waals surface area contributed by atoms with Gasteiger partial charge in [0.2, 0.25) is 0 Å². The lowest BCUT2D eigenvalue weighted by Crippen LogP contribution is -2.11. The number of aryl methyl sites for hydroxylation is 3. The number of amides is 1. The summed E-state index contributed by atoms with van der Waals surface area (Å²) in [7, 11) is 0. The summed E-state index contributed by atoms with van der Waals surface area (Å²) >= 11 is 1.46. The molecule has 30 heavy (non-hydrogen) atoms. The molecule has 0 atom stereocenters. The fourth-order valence-corrected chi connectivity index (χ4v) is 3.88. The SMILES string of the molecule is Cc1noc(C)c1COc1ccc(C(=O)Nc2nc(-c3ccccc3)c(C)s2)cc1. The summed E-state index contributed by atoms with van der Waals surface area (Å²) in [5.41, 5.74) is 4.21. The lowest BCUT2D eigenvalue weighted by atomic mass is 10.1. The van der Waals surface area contributed by atoms with Crippen molar-refractivity contribution in [1.29, 1.82) is 0 Å². The lowest BCUT2D eigenvalue weighted by molar-refractivity contribution is 0.102. The van der Waals surface area contributed by atoms with Crippen molar-refractivity contribution in [3.05, 3.63) is 82.1 Å². The molecule has 7 heteroatoms. The number of ether oxygens (including phenoxy) is 1. The maximum Gasteiger partial charge on any atom is 0.257 e. The summed E-state index contributed by atoms with van der Waals surface area (Å²) < 4.78 is 10.9. The molecule has 6 nitrogen and oxygen atoms in total. The van der Waals surface area contributed by atoms with Gasteiger partial charge in [0.15, 0.2) is 5.13 Å². The average molecular weight is 420 g/mol. The first-order valence-electron chi connectivity index (χ1n) is 9.50. The molecular weight excluding hydrogens is 398 g/mol. The molecule has 0 aliphatic heterocycles. The summed E-state index contributed by atoms with van der Waals surface area (Å²) in [4.78, 5) is 18.3. The van der Waals surface area contributed by atoms with Gasteiger partial charge in [0.25, 0.3) is 5.91 Å². The van der Waals surface area contributed by atoms with Crippen molar-refractivity contribution in [3.8, 4) is 17.0 Å². The molecule has 2 heterocycles. The van der Waals surface area contributed by atoms with Gasteiger partial charge >= 0.3 is 0 Å². The van der Waals surface area contributed by atoms with Gasteiger partial charge in [0.1, 0.15) is 18.1 Å². The Balaban J connectivity index is 1.41. The number of rotatable bonds is 6. The minimum absolute atomic E-state index is 0.208. The van der Waals surface area contributed by atoms with E-state index >= 15 is 0 Å². The maximum atomic E-state index is 12.6. The van der Waals surface area contributed by atoms with E-state index in [1.807, 2.05) is 51.1 Å². The molecule has 0 unspecified atom stereocenters. The molecule has 0 aliphatic carbocycles. The molecule has 0 saturated heterocycles. The van der Waals surface area contributed by atoms with E-state index in [1.165, 1.54) is 11.3 Å². The Bertz CT molecular complexity index is 1140. The number of hydrogen-bond acceptors (Lipinski definition) is 6. The van der Waals surface area contributed by atoms with Crippen LogP contribution < -0.4 is 10.1 Å². The number of benzene rings is 2. The molecule has 0 bridgehead atoms. The summed E-state index contributed by atoms with van der Waals surface area (Å²) in [5, 5.41) is 7.38. The van der Waals surface area contributed by atoms with E-state index in [0.717, 1.165) is 33.2 Å². The number of carbonyl (C=O) groups is 1. The topological polar surface area (TPSA) is 77.2 Å². The number of anilines is 1. The largest absolute Gasteiger partial charge is 0.489 e. The van der Waals surface area contributed by atoms with Crippen LogP contribution in [-0.4, -0.2) is 16.0 Å². The first-order chi connectivity index (χ1) is 14.5. The number of nitrogens with one attached hydrogen (secondary N) is 1. The van der Waals surface area contributed by atoms with Crippen LogP contribution in [0.15, 0.2) is 59.1 Å². The first-order valence-corrected chi connectivity index (χ1v) is 10.3. The van der Waals surface area contributed by atoms with Crippen LogP contribution in [0.25, 0.3) is 11.3 Å². The van der Waals surface area contributed by atoms with E-state index in [0.29, 0.717) is 23.1 Å². The van der Waals surface area contributed by atoms with E-state index in [9.17, 15) is 4.79 Å². The standard InChI is InChI=1S/C23H21N3O3S/c1-14-20(15(2)29-26-14)13-28-19-11-9-18(10-12-19)22(27)25-23-24-21(16(3)30-23)17-7-5-4-6-8-17/h4-12H,13H2,1-3H3,(H,24,25,27). The molecule has 1 N–H and O–H groups in total. The van der Waals surface area contributed by atoms with Gasteiger partial charge in [-0.15, -0.1) is 11.3 Å². The maximum absolute atomic E-state index is 12.6. The molecule has 0 radical (unpaired) electrons. The summed E-state index contributed by atoms with van der Waals surface area (Å²) in [6.07, 6.45) is 0. The molecule has 152 valence electrons. The average Bonchev–Trinajstić information content (AvgIpc) is 3.28. The lowest BCUT2D eigenvalue weighted by Gasteiger charge is -2.07. The normalized spacial score (nSPS) is 10.8. The van der Waals surface area contributed by atoms with Crippen LogP contribution in [0.2, 0.25) is 0 Å². The van der Waals surface area contributed by atoms with Crippen LogP contribution in [0.5, 0.6) is 5.75 Å². The molecule has 4 aromatic rings. The second kappa shape index (κ2) is 8.51. The smallest absolute Gasteiger partial charge is 0.257 e. The molecule has 1 amide bonds. The highest BCUT2D eigenvalue weighted by Gasteiger charge is 2.14. The monoisotopic (exact) mass is 419 g/mol. The fourth-order valence-electron chi connectivity index (χ4n) is 3.05. The van der Waals surface area contributed by atoms with Gasteiger partial charge in [0.05, 0.1) is 17.0 Å². The summed E-state index contributed by atoms with van der Waals surface area (Å²) in [5.74, 6) is 1.21. The Morgan fingerprint density at radius 2 is 1.80 bits per heavy atom. The quantitative estimate of drug-likeness (QED) is 0.443. The van der Waals surface area contributed by atoms with Crippen LogP contribution >= 0.6 is 11.3 Å². The van der Waals surface area contributed by atoms with Gasteiger partial charge in [0, 0.05) is 16.0 Å². The van der Waals surface area contributed by atoms with Crippen LogP contribution in [0.4, 0.5) is 5.13 Å². The molecule has 2 aromatic carbocycles. The van der Waals surface area contributed by atoms with Gasteiger partial charge in [-0.05, 0) is 45.0 Å². The minimum Gasteiger partial charge on any atom is -0.489 e. The molecule has 4 rings (SSSR count). The van der Waals surface area contributed by atoms with Crippen LogP contribution in [-0.2, 0) is 6.61 Å². The zero-order chi connectivity index (χ0) is 21.1. The second-order valence-electron chi connectivity index (χ2n) is 6.86. The Hall–Kier alpha value is -3.45. The van der Waals surface area contributed by atoms with E-state index in [1.54, 1.807) is 24.3 Å². The number of thiazole rings is 1. The number of hydrogen-bond donors (Lipinski definition) is 1. The highest BCUT2D eigenvalue weighted by Crippen LogP contribution is 2.30. The van der Waals surface area contributed by atoms with E-state index in [-0.39, 0.29) is 5.91 Å². The minimum atomic E-state index is -0.208. The third-order valence-electron chi connectivity index (χ3n) is 4.75. The van der Waals surface area contributed by atoms with Crippen molar-refractivity contribution in [2.45, 2.75) is 27.4 Å². The highest BCUT2D eigenvalue weighted by atomic mass is 32.1. The fraction of sp³-hybridized carbons (Fsp3) is 0.174. The molecule has 0 spiro atoms. The zero-order valence-corrected chi connectivity index (χ0v) is 17.7. The van der Waals surface area contributed by atoms with Crippen molar-refractivity contribution in [2.24, 2.45) is 0 Å². The van der Waals surface area contributed by atoms with Crippen molar-refractivity contribution >= 4 is 22.4 Å². The van der Waals surface area contributed by atoms with Crippen molar-refractivity contribution in [2.75, 3.05) is 5.32 Å². The van der Waals surface area contributed by atoms with Crippen molar-refractivity contribution in [3.63, 3.8) is 0 Å².